The number of amides is 1. The molecule has 2 rings (SSSR count). The fourth-order valence-corrected chi connectivity index (χ4v) is 2.07. The number of hydrogen-bond donors (Lipinski definition) is 2. The monoisotopic (exact) mass is 287 g/mol. The van der Waals surface area contributed by atoms with Crippen molar-refractivity contribution in [2.24, 2.45) is 7.05 Å². The Morgan fingerprint density at radius 2 is 2.05 bits per heavy atom. The van der Waals surface area contributed by atoms with Gasteiger partial charge in [-0.15, -0.1) is 0 Å². The summed E-state index contributed by atoms with van der Waals surface area (Å²) in [5.41, 5.74) is 2.65. The molecule has 0 saturated carbocycles. The Kier molecular flexibility index (Phi) is 4.07. The van der Waals surface area contributed by atoms with Crippen molar-refractivity contribution in [1.82, 2.24) is 15.1 Å². The number of benzene rings is 1. The van der Waals surface area contributed by atoms with E-state index in [0.29, 0.717) is 11.1 Å². The third kappa shape index (κ3) is 3.28. The highest BCUT2D eigenvalue weighted by molar-refractivity contribution is 5.98. The van der Waals surface area contributed by atoms with Gasteiger partial charge in [0.25, 0.3) is 5.91 Å². The van der Waals surface area contributed by atoms with Crippen LogP contribution in [-0.2, 0) is 11.8 Å². The molecule has 0 saturated heterocycles. The first-order valence-electron chi connectivity index (χ1n) is 6.48. The number of carbonyl (C=O) groups excluding carboxylic acids is 1. The van der Waals surface area contributed by atoms with Crippen molar-refractivity contribution in [1.29, 1.82) is 0 Å². The number of hydrogen-bond acceptors (Lipinski definition) is 3. The maximum Gasteiger partial charge on any atom is 0.331 e. The summed E-state index contributed by atoms with van der Waals surface area (Å²) in [5, 5.41) is 15.8. The number of aliphatic carboxylic acids is 1. The lowest BCUT2D eigenvalue weighted by Crippen LogP contribution is -2.34. The molecule has 0 fully saturated rings. The summed E-state index contributed by atoms with van der Waals surface area (Å²) in [6.07, 6.45) is 3.00. The van der Waals surface area contributed by atoms with Crippen LogP contribution in [0.1, 0.15) is 33.1 Å². The largest absolute Gasteiger partial charge is 0.479 e. The minimum atomic E-state index is -1.12. The molecular formula is C15H17N3O3. The second kappa shape index (κ2) is 5.78. The van der Waals surface area contributed by atoms with Gasteiger partial charge in [0.2, 0.25) is 0 Å². The van der Waals surface area contributed by atoms with Crippen LogP contribution in [-0.4, -0.2) is 26.8 Å². The number of aryl methyl sites for hydroxylation is 3. The summed E-state index contributed by atoms with van der Waals surface area (Å²) in [5.74, 6) is -1.53. The minimum absolute atomic E-state index is 0.410. The number of carboxylic acid groups (broad SMARTS) is 1. The van der Waals surface area contributed by atoms with Crippen LogP contribution in [0.3, 0.4) is 0 Å². The third-order valence-electron chi connectivity index (χ3n) is 3.22. The lowest BCUT2D eigenvalue weighted by molar-refractivity contribution is -0.139. The van der Waals surface area contributed by atoms with E-state index in [1.165, 1.54) is 10.9 Å². The average molecular weight is 287 g/mol. The van der Waals surface area contributed by atoms with Gasteiger partial charge in [0.15, 0.2) is 6.04 Å². The maximum atomic E-state index is 12.3. The molecular weight excluding hydrogens is 270 g/mol. The van der Waals surface area contributed by atoms with Crippen molar-refractivity contribution in [3.8, 4) is 0 Å². The van der Waals surface area contributed by atoms with Crippen LogP contribution in [0.15, 0.2) is 30.6 Å². The Labute approximate surface area is 122 Å². The molecule has 0 bridgehead atoms. The van der Waals surface area contributed by atoms with Gasteiger partial charge in [0, 0.05) is 24.4 Å². The summed E-state index contributed by atoms with van der Waals surface area (Å²) >= 11 is 0. The molecule has 6 heteroatoms. The molecule has 1 atom stereocenters. The van der Waals surface area contributed by atoms with Crippen molar-refractivity contribution < 1.29 is 14.7 Å². The zero-order valence-electron chi connectivity index (χ0n) is 12.1. The first-order valence-corrected chi connectivity index (χ1v) is 6.48. The highest BCUT2D eigenvalue weighted by atomic mass is 16.4. The molecule has 0 aliphatic heterocycles. The van der Waals surface area contributed by atoms with Crippen molar-refractivity contribution in [2.75, 3.05) is 0 Å². The fourth-order valence-electron chi connectivity index (χ4n) is 2.07. The van der Waals surface area contributed by atoms with E-state index in [-0.39, 0.29) is 0 Å². The molecule has 0 aliphatic carbocycles. The Bertz CT molecular complexity index is 691. The van der Waals surface area contributed by atoms with E-state index in [2.05, 4.69) is 10.4 Å². The summed E-state index contributed by atoms with van der Waals surface area (Å²) in [6.45, 7) is 3.69. The van der Waals surface area contributed by atoms with Gasteiger partial charge in [0.1, 0.15) is 0 Å². The van der Waals surface area contributed by atoms with Gasteiger partial charge in [-0.05, 0) is 25.5 Å². The van der Waals surface area contributed by atoms with Crippen LogP contribution in [0.2, 0.25) is 0 Å². The number of carboxylic acids is 1. The molecule has 1 amide bonds. The molecule has 1 aromatic carbocycles. The van der Waals surface area contributed by atoms with E-state index in [9.17, 15) is 14.7 Å². The zero-order chi connectivity index (χ0) is 15.6. The molecule has 0 aliphatic rings. The van der Waals surface area contributed by atoms with Crippen molar-refractivity contribution in [3.63, 3.8) is 0 Å². The Morgan fingerprint density at radius 1 is 1.33 bits per heavy atom. The van der Waals surface area contributed by atoms with Gasteiger partial charge in [0.05, 0.1) is 6.20 Å². The van der Waals surface area contributed by atoms with Gasteiger partial charge < -0.3 is 10.4 Å². The van der Waals surface area contributed by atoms with E-state index < -0.39 is 17.9 Å². The van der Waals surface area contributed by atoms with E-state index in [1.807, 2.05) is 26.0 Å². The molecule has 2 aromatic rings. The van der Waals surface area contributed by atoms with Gasteiger partial charge in [-0.2, -0.15) is 5.10 Å². The number of carbonyl (C=O) groups is 2. The third-order valence-corrected chi connectivity index (χ3v) is 3.22. The molecule has 2 N–H and O–H groups in total. The number of nitrogens with zero attached hydrogens (tertiary/aromatic N) is 2. The molecule has 1 unspecified atom stereocenters. The predicted molar refractivity (Wildman–Crippen MR) is 77.0 cm³/mol. The Balaban J connectivity index is 2.27. The van der Waals surface area contributed by atoms with E-state index in [4.69, 9.17) is 0 Å². The van der Waals surface area contributed by atoms with Gasteiger partial charge >= 0.3 is 5.97 Å². The van der Waals surface area contributed by atoms with Crippen molar-refractivity contribution in [3.05, 3.63) is 52.8 Å². The molecule has 0 spiro atoms. The normalized spacial score (nSPS) is 12.0. The second-order valence-electron chi connectivity index (χ2n) is 5.01. The first kappa shape index (κ1) is 14.8. The molecule has 21 heavy (non-hydrogen) atoms. The van der Waals surface area contributed by atoms with Crippen LogP contribution < -0.4 is 5.32 Å². The topological polar surface area (TPSA) is 84.2 Å². The highest BCUT2D eigenvalue weighted by Gasteiger charge is 2.24. The molecule has 1 aromatic heterocycles. The van der Waals surface area contributed by atoms with Gasteiger partial charge in [-0.3, -0.25) is 9.48 Å². The quantitative estimate of drug-likeness (QED) is 0.894. The molecule has 0 radical (unpaired) electrons. The lowest BCUT2D eigenvalue weighted by atomic mass is 10.0. The fraction of sp³-hybridized carbons (Fsp3) is 0.267. The van der Waals surface area contributed by atoms with E-state index >= 15 is 0 Å². The first-order chi connectivity index (χ1) is 9.88. The SMILES string of the molecule is Cc1ccc(C)c(C(=O)NC(C(=O)O)c2cnn(C)c2)c1. The Morgan fingerprint density at radius 3 is 2.62 bits per heavy atom. The number of nitrogens with one attached hydrogen (secondary N) is 1. The van der Waals surface area contributed by atoms with Gasteiger partial charge in [-0.25, -0.2) is 4.79 Å². The molecule has 110 valence electrons. The average Bonchev–Trinajstić information content (AvgIpc) is 2.84. The minimum Gasteiger partial charge on any atom is -0.479 e. The van der Waals surface area contributed by atoms with Crippen LogP contribution >= 0.6 is 0 Å². The van der Waals surface area contributed by atoms with Crippen LogP contribution in [0, 0.1) is 13.8 Å². The summed E-state index contributed by atoms with van der Waals surface area (Å²) < 4.78 is 1.50. The zero-order valence-corrected chi connectivity index (χ0v) is 12.1. The highest BCUT2D eigenvalue weighted by Crippen LogP contribution is 2.15. The smallest absolute Gasteiger partial charge is 0.331 e. The van der Waals surface area contributed by atoms with E-state index in [0.717, 1.165) is 11.1 Å². The molecule has 1 heterocycles. The summed E-state index contributed by atoms with van der Waals surface area (Å²) in [7, 11) is 1.69. The number of rotatable bonds is 4. The van der Waals surface area contributed by atoms with E-state index in [1.54, 1.807) is 19.3 Å². The summed E-state index contributed by atoms with van der Waals surface area (Å²) in [4.78, 5) is 23.7. The molecule has 6 nitrogen and oxygen atoms in total. The van der Waals surface area contributed by atoms with Crippen LogP contribution in [0.5, 0.6) is 0 Å². The van der Waals surface area contributed by atoms with Crippen molar-refractivity contribution >= 4 is 11.9 Å². The van der Waals surface area contributed by atoms with Crippen LogP contribution in [0.4, 0.5) is 0 Å². The van der Waals surface area contributed by atoms with Crippen LogP contribution in [0.25, 0.3) is 0 Å². The maximum absolute atomic E-state index is 12.3. The standard InChI is InChI=1S/C15H17N3O3/c1-9-4-5-10(2)12(6-9)14(19)17-13(15(20)21)11-7-16-18(3)8-11/h4-8,13H,1-3H3,(H,17,19)(H,20,21). The second-order valence-corrected chi connectivity index (χ2v) is 5.01. The van der Waals surface area contributed by atoms with Crippen molar-refractivity contribution in [2.45, 2.75) is 19.9 Å². The Hall–Kier alpha value is -2.63. The predicted octanol–water partition coefficient (Wildman–Crippen LogP) is 1.59. The number of aromatic nitrogens is 2. The van der Waals surface area contributed by atoms with Gasteiger partial charge in [-0.1, -0.05) is 17.7 Å². The summed E-state index contributed by atoms with van der Waals surface area (Å²) in [6, 6.07) is 4.37. The lowest BCUT2D eigenvalue weighted by Gasteiger charge is -2.14.